The minimum Gasteiger partial charge on any atom is -0.304 e. The Morgan fingerprint density at radius 1 is 1.25 bits per heavy atom. The van der Waals surface area contributed by atoms with E-state index >= 15 is 0 Å². The van der Waals surface area contributed by atoms with Crippen LogP contribution < -0.4 is 0 Å². The Balaban J connectivity index is 2.89. The highest BCUT2D eigenvalue weighted by Crippen LogP contribution is 2.20. The second kappa shape index (κ2) is 3.57. The molecule has 1 aromatic rings. The van der Waals surface area contributed by atoms with E-state index in [1.165, 1.54) is 5.56 Å². The molecule has 0 aliphatic heterocycles. The van der Waals surface area contributed by atoms with Crippen molar-refractivity contribution in [1.29, 1.82) is 0 Å². The van der Waals surface area contributed by atoms with Crippen LogP contribution in [0, 0.1) is 0 Å². The molecule has 0 saturated heterocycles. The van der Waals surface area contributed by atoms with Crippen molar-refractivity contribution in [2.24, 2.45) is 0 Å². The highest BCUT2D eigenvalue weighted by atomic mass is 16.1. The third-order valence-electron chi connectivity index (χ3n) is 2.07. The van der Waals surface area contributed by atoms with Crippen molar-refractivity contribution in [2.75, 3.05) is 0 Å². The van der Waals surface area contributed by atoms with E-state index in [2.05, 4.69) is 0 Å². The Bertz CT molecular complexity index is 254. The number of carbonyl (C=O) groups excluding carboxylic acids is 1. The fraction of sp³-hybridized carbons (Fsp3) is 0.300. The van der Waals surface area contributed by atoms with E-state index in [9.17, 15) is 4.79 Å². The zero-order valence-corrected chi connectivity index (χ0v) is 7.50. The zero-order valence-electron chi connectivity index (χ0n) is 7.50. The molecule has 1 aromatic carbocycles. The molecule has 12 heavy (non-hydrogen) atoms. The first-order valence-corrected chi connectivity index (χ1v) is 4.07. The average Bonchev–Trinajstić information content (AvgIpc) is 2.06. The normalized spacial score (nSPS) is 10.8. The summed E-state index contributed by atoms with van der Waals surface area (Å²) in [7, 11) is 0.455. The zero-order chi connectivity index (χ0) is 9.03. The molecule has 0 spiro atoms. The Kier molecular flexibility index (Phi) is 2.69. The maximum atomic E-state index is 10.3. The van der Waals surface area contributed by atoms with Gasteiger partial charge in [-0.15, -0.1) is 0 Å². The molecule has 0 saturated carbocycles. The molecule has 61 valence electrons. The smallest absolute Gasteiger partial charge is 0.225 e. The van der Waals surface area contributed by atoms with Crippen LogP contribution in [-0.4, -0.2) is 13.5 Å². The van der Waals surface area contributed by atoms with E-state index in [0.29, 0.717) is 7.28 Å². The van der Waals surface area contributed by atoms with Crippen molar-refractivity contribution in [3.8, 4) is 0 Å². The van der Waals surface area contributed by atoms with Crippen molar-refractivity contribution in [3.63, 3.8) is 0 Å². The van der Waals surface area contributed by atoms with Crippen LogP contribution >= 0.6 is 0 Å². The predicted octanol–water partition coefficient (Wildman–Crippen LogP) is 1.43. The summed E-state index contributed by atoms with van der Waals surface area (Å²) in [5.74, 6) is 0. The maximum absolute atomic E-state index is 10.3. The quantitative estimate of drug-likeness (QED) is 0.609. The van der Waals surface area contributed by atoms with Gasteiger partial charge in [0.05, 0.1) is 0 Å². The van der Waals surface area contributed by atoms with Gasteiger partial charge in [0.1, 0.15) is 6.19 Å². The third kappa shape index (κ3) is 1.97. The summed E-state index contributed by atoms with van der Waals surface area (Å²) in [5, 5.41) is -0.0803. The van der Waals surface area contributed by atoms with Crippen LogP contribution in [0.3, 0.4) is 0 Å². The second-order valence-electron chi connectivity index (χ2n) is 3.57. The standard InChI is InChI=1S/C10H12BO/c1-10(2,11-8-12)9-6-4-3-5-7-9/h3-7,11H,1-2H3. The fourth-order valence-corrected chi connectivity index (χ4v) is 1.17. The maximum Gasteiger partial charge on any atom is 0.225 e. The summed E-state index contributed by atoms with van der Waals surface area (Å²) < 4.78 is 0. The van der Waals surface area contributed by atoms with Crippen LogP contribution in [-0.2, 0) is 10.1 Å². The number of hydrogen-bond donors (Lipinski definition) is 0. The highest BCUT2D eigenvalue weighted by molar-refractivity contribution is 6.69. The molecule has 1 nitrogen and oxygen atoms in total. The van der Waals surface area contributed by atoms with Crippen molar-refractivity contribution >= 4 is 13.5 Å². The predicted molar refractivity (Wildman–Crippen MR) is 52.3 cm³/mol. The monoisotopic (exact) mass is 159 g/mol. The van der Waals surface area contributed by atoms with Gasteiger partial charge in [0, 0.05) is 0 Å². The first kappa shape index (κ1) is 9.05. The highest BCUT2D eigenvalue weighted by Gasteiger charge is 2.21. The minimum atomic E-state index is -0.0803. The lowest BCUT2D eigenvalue weighted by Gasteiger charge is -2.20. The minimum absolute atomic E-state index is 0.0803. The van der Waals surface area contributed by atoms with E-state index in [-0.39, 0.29) is 5.31 Å². The van der Waals surface area contributed by atoms with Gasteiger partial charge in [-0.1, -0.05) is 44.2 Å². The first-order chi connectivity index (χ1) is 5.67. The van der Waals surface area contributed by atoms with Crippen LogP contribution in [0.1, 0.15) is 19.4 Å². The summed E-state index contributed by atoms with van der Waals surface area (Å²) in [6, 6.07) is 10.0. The van der Waals surface area contributed by atoms with E-state index < -0.39 is 0 Å². The Hall–Kier alpha value is -1.05. The molecule has 0 aliphatic carbocycles. The Labute approximate surface area is 74.0 Å². The van der Waals surface area contributed by atoms with Gasteiger partial charge >= 0.3 is 0 Å². The van der Waals surface area contributed by atoms with E-state index in [0.717, 1.165) is 0 Å². The van der Waals surface area contributed by atoms with Crippen LogP contribution in [0.25, 0.3) is 0 Å². The number of benzene rings is 1. The number of hydrogen-bond acceptors (Lipinski definition) is 1. The molecule has 0 N–H and O–H groups in total. The SMILES string of the molecule is CC(C)(B[C]=O)c1ccccc1. The van der Waals surface area contributed by atoms with Crippen molar-refractivity contribution in [1.82, 2.24) is 0 Å². The average molecular weight is 159 g/mol. The first-order valence-electron chi connectivity index (χ1n) is 4.07. The second-order valence-corrected chi connectivity index (χ2v) is 3.57. The van der Waals surface area contributed by atoms with Gasteiger partial charge in [-0.25, -0.2) is 0 Å². The lowest BCUT2D eigenvalue weighted by molar-refractivity contribution is 0.566. The summed E-state index contributed by atoms with van der Waals surface area (Å²) >= 11 is 0. The van der Waals surface area contributed by atoms with Gasteiger partial charge in [-0.05, 0) is 10.9 Å². The molecular weight excluding hydrogens is 147 g/mol. The molecule has 0 heterocycles. The summed E-state index contributed by atoms with van der Waals surface area (Å²) in [6.45, 7) is 4.10. The summed E-state index contributed by atoms with van der Waals surface area (Å²) in [6.07, 6.45) is 1.96. The molecule has 0 atom stereocenters. The molecule has 0 fully saturated rings. The van der Waals surface area contributed by atoms with Crippen LogP contribution in [0.15, 0.2) is 30.3 Å². The number of rotatable bonds is 3. The summed E-state index contributed by atoms with van der Waals surface area (Å²) in [4.78, 5) is 10.3. The van der Waals surface area contributed by atoms with Crippen LogP contribution in [0.4, 0.5) is 0 Å². The van der Waals surface area contributed by atoms with Gasteiger partial charge in [0.25, 0.3) is 0 Å². The lowest BCUT2D eigenvalue weighted by atomic mass is 9.53. The third-order valence-corrected chi connectivity index (χ3v) is 2.07. The Morgan fingerprint density at radius 2 is 1.83 bits per heavy atom. The molecule has 2 heteroatoms. The van der Waals surface area contributed by atoms with Crippen LogP contribution in [0.5, 0.6) is 0 Å². The molecule has 0 bridgehead atoms. The molecule has 0 aromatic heterocycles. The fourth-order valence-electron chi connectivity index (χ4n) is 1.17. The lowest BCUT2D eigenvalue weighted by Crippen LogP contribution is -2.26. The summed E-state index contributed by atoms with van der Waals surface area (Å²) in [5.41, 5.74) is 1.19. The molecule has 1 radical (unpaired) electrons. The Morgan fingerprint density at radius 3 is 2.33 bits per heavy atom. The van der Waals surface area contributed by atoms with Crippen molar-refractivity contribution in [3.05, 3.63) is 35.9 Å². The van der Waals surface area contributed by atoms with E-state index in [1.807, 2.05) is 50.4 Å². The van der Waals surface area contributed by atoms with Gasteiger partial charge in [0.15, 0.2) is 0 Å². The molecule has 0 unspecified atom stereocenters. The van der Waals surface area contributed by atoms with Gasteiger partial charge in [0.2, 0.25) is 7.28 Å². The van der Waals surface area contributed by atoms with Crippen molar-refractivity contribution < 1.29 is 4.79 Å². The molecule has 1 rings (SSSR count). The molecule has 0 aliphatic rings. The largest absolute Gasteiger partial charge is 0.304 e. The van der Waals surface area contributed by atoms with Crippen molar-refractivity contribution in [2.45, 2.75) is 19.2 Å². The molecule has 0 amide bonds. The van der Waals surface area contributed by atoms with E-state index in [4.69, 9.17) is 0 Å². The van der Waals surface area contributed by atoms with Gasteiger partial charge < -0.3 is 4.79 Å². The molecular formula is C10H12BO. The topological polar surface area (TPSA) is 17.1 Å². The van der Waals surface area contributed by atoms with Gasteiger partial charge in [-0.3, -0.25) is 0 Å². The van der Waals surface area contributed by atoms with E-state index in [1.54, 1.807) is 0 Å². The van der Waals surface area contributed by atoms with Gasteiger partial charge in [-0.2, -0.15) is 0 Å². The van der Waals surface area contributed by atoms with Crippen LogP contribution in [0.2, 0.25) is 0 Å².